The van der Waals surface area contributed by atoms with Gasteiger partial charge in [0.1, 0.15) is 5.82 Å². The maximum Gasteiger partial charge on any atom is 0.335 e. The molecule has 0 bridgehead atoms. The van der Waals surface area contributed by atoms with Crippen LogP contribution >= 0.6 is 0 Å². The minimum Gasteiger partial charge on any atom is -0.478 e. The van der Waals surface area contributed by atoms with Crippen LogP contribution < -0.4 is 0 Å². The molecule has 0 saturated heterocycles. The van der Waals surface area contributed by atoms with Crippen molar-refractivity contribution < 1.29 is 14.6 Å². The van der Waals surface area contributed by atoms with Gasteiger partial charge in [0.25, 0.3) is 0 Å². The van der Waals surface area contributed by atoms with Crippen LogP contribution in [-0.4, -0.2) is 34.3 Å². The maximum atomic E-state index is 11.4. The predicted octanol–water partition coefficient (Wildman–Crippen LogP) is 2.81. The Morgan fingerprint density at radius 2 is 2.00 bits per heavy atom. The summed E-state index contributed by atoms with van der Waals surface area (Å²) in [6, 6.07) is 1.72. The maximum absolute atomic E-state index is 11.4. The lowest BCUT2D eigenvalue weighted by atomic mass is 9.93. The highest BCUT2D eigenvalue weighted by atomic mass is 16.5. The first-order valence-electron chi connectivity index (χ1n) is 7.37. The summed E-state index contributed by atoms with van der Waals surface area (Å²) >= 11 is 0. The number of hydrogen-bond acceptors (Lipinski definition) is 3. The van der Waals surface area contributed by atoms with Crippen molar-refractivity contribution in [2.24, 2.45) is 0 Å². The van der Waals surface area contributed by atoms with Crippen LogP contribution in [0.2, 0.25) is 0 Å². The molecule has 2 N–H and O–H groups in total. The van der Waals surface area contributed by atoms with E-state index in [0.717, 1.165) is 52.3 Å². The normalized spacial score (nSPS) is 14.4. The fourth-order valence-corrected chi connectivity index (χ4v) is 3.11. The largest absolute Gasteiger partial charge is 0.478 e. The molecule has 2 aromatic rings. The van der Waals surface area contributed by atoms with E-state index in [9.17, 15) is 9.90 Å². The molecule has 1 aliphatic rings. The highest BCUT2D eigenvalue weighted by Gasteiger charge is 2.26. The van der Waals surface area contributed by atoms with Gasteiger partial charge in [-0.3, -0.25) is 0 Å². The van der Waals surface area contributed by atoms with Crippen LogP contribution in [0.25, 0.3) is 11.4 Å². The molecular weight excluding hydrogens is 280 g/mol. The number of nitrogens with one attached hydrogen (secondary N) is 1. The second-order valence-electron chi connectivity index (χ2n) is 5.93. The van der Waals surface area contributed by atoms with Crippen LogP contribution in [0.1, 0.15) is 38.4 Å². The van der Waals surface area contributed by atoms with Crippen molar-refractivity contribution >= 4 is 5.97 Å². The Hall–Kier alpha value is -2.14. The van der Waals surface area contributed by atoms with E-state index in [1.54, 1.807) is 13.2 Å². The Bertz CT molecular complexity index is 738. The van der Waals surface area contributed by atoms with Crippen LogP contribution in [0.4, 0.5) is 0 Å². The summed E-state index contributed by atoms with van der Waals surface area (Å²) in [6.45, 7) is 5.81. The molecule has 0 radical (unpaired) electrons. The van der Waals surface area contributed by atoms with Crippen LogP contribution in [0.15, 0.2) is 6.07 Å². The molecule has 5 nitrogen and oxygen atoms in total. The van der Waals surface area contributed by atoms with E-state index in [4.69, 9.17) is 4.74 Å². The number of ether oxygens (including phenoxy) is 1. The van der Waals surface area contributed by atoms with Gasteiger partial charge in [-0.1, -0.05) is 0 Å². The number of fused-ring (bicyclic) bond motifs is 1. The highest BCUT2D eigenvalue weighted by molar-refractivity contribution is 5.92. The highest BCUT2D eigenvalue weighted by Crippen LogP contribution is 2.31. The van der Waals surface area contributed by atoms with E-state index in [1.807, 2.05) is 20.8 Å². The predicted molar refractivity (Wildman–Crippen MR) is 83.4 cm³/mol. The zero-order valence-corrected chi connectivity index (χ0v) is 13.3. The molecule has 3 rings (SSSR count). The summed E-state index contributed by atoms with van der Waals surface area (Å²) in [7, 11) is 1.71. The lowest BCUT2D eigenvalue weighted by Gasteiger charge is -2.13. The number of hydrogen-bond donors (Lipinski definition) is 2. The van der Waals surface area contributed by atoms with Crippen LogP contribution in [0.3, 0.4) is 0 Å². The topological polar surface area (TPSA) is 75.2 Å². The number of rotatable bonds is 3. The first-order chi connectivity index (χ1) is 10.4. The Balaban J connectivity index is 2.08. The van der Waals surface area contributed by atoms with Crippen molar-refractivity contribution in [3.63, 3.8) is 0 Å². The lowest BCUT2D eigenvalue weighted by Crippen LogP contribution is -2.10. The van der Waals surface area contributed by atoms with Gasteiger partial charge < -0.3 is 14.8 Å². The van der Waals surface area contributed by atoms with Crippen molar-refractivity contribution in [2.45, 2.75) is 39.7 Å². The molecule has 0 saturated carbocycles. The minimum atomic E-state index is -0.902. The van der Waals surface area contributed by atoms with E-state index >= 15 is 0 Å². The molecule has 1 atom stereocenters. The van der Waals surface area contributed by atoms with Gasteiger partial charge >= 0.3 is 5.97 Å². The van der Waals surface area contributed by atoms with E-state index in [-0.39, 0.29) is 6.10 Å². The Morgan fingerprint density at radius 1 is 1.27 bits per heavy atom. The first-order valence-corrected chi connectivity index (χ1v) is 7.37. The molecule has 5 heteroatoms. The molecule has 116 valence electrons. The summed E-state index contributed by atoms with van der Waals surface area (Å²) in [5, 5.41) is 9.39. The van der Waals surface area contributed by atoms with Gasteiger partial charge in [-0.25, -0.2) is 9.78 Å². The lowest BCUT2D eigenvalue weighted by molar-refractivity contribution is 0.0696. The quantitative estimate of drug-likeness (QED) is 0.914. The first kappa shape index (κ1) is 14.8. The number of nitrogens with zero attached hydrogens (tertiary/aromatic N) is 1. The third-order valence-electron chi connectivity index (χ3n) is 4.76. The molecule has 1 aromatic carbocycles. The minimum absolute atomic E-state index is 0.193. The molecule has 0 fully saturated rings. The summed E-state index contributed by atoms with van der Waals surface area (Å²) in [5.41, 5.74) is 6.20. The number of aromatic carboxylic acids is 1. The monoisotopic (exact) mass is 300 g/mol. The molecule has 1 unspecified atom stereocenters. The molecule has 1 aromatic heterocycles. The van der Waals surface area contributed by atoms with Gasteiger partial charge in [0.15, 0.2) is 0 Å². The third-order valence-corrected chi connectivity index (χ3v) is 4.76. The van der Waals surface area contributed by atoms with E-state index in [2.05, 4.69) is 9.97 Å². The van der Waals surface area contributed by atoms with Crippen LogP contribution in [0.5, 0.6) is 0 Å². The van der Waals surface area contributed by atoms with Crippen LogP contribution in [-0.2, 0) is 17.6 Å². The Kier molecular flexibility index (Phi) is 3.53. The second-order valence-corrected chi connectivity index (χ2v) is 5.93. The Labute approximate surface area is 129 Å². The van der Waals surface area contributed by atoms with Gasteiger partial charge in [0.05, 0.1) is 17.4 Å². The van der Waals surface area contributed by atoms with Gasteiger partial charge in [-0.2, -0.15) is 0 Å². The molecular formula is C17H20N2O3. The summed E-state index contributed by atoms with van der Waals surface area (Å²) in [5.74, 6) is -0.150. The molecule has 1 heterocycles. The van der Waals surface area contributed by atoms with Crippen molar-refractivity contribution in [1.82, 2.24) is 9.97 Å². The molecule has 0 aliphatic heterocycles. The Morgan fingerprint density at radius 3 is 2.59 bits per heavy atom. The number of H-pyrrole nitrogens is 1. The second kappa shape index (κ2) is 5.25. The summed E-state index contributed by atoms with van der Waals surface area (Å²) in [4.78, 5) is 19.4. The molecule has 1 aliphatic carbocycles. The smallest absolute Gasteiger partial charge is 0.335 e. The van der Waals surface area contributed by atoms with E-state index in [1.165, 1.54) is 0 Å². The molecule has 0 amide bonds. The molecule has 0 spiro atoms. The van der Waals surface area contributed by atoms with E-state index < -0.39 is 5.97 Å². The number of carbonyl (C=O) groups is 1. The van der Waals surface area contributed by atoms with Gasteiger partial charge in [0.2, 0.25) is 0 Å². The third kappa shape index (κ3) is 2.22. The number of methoxy groups -OCH3 is 1. The summed E-state index contributed by atoms with van der Waals surface area (Å²) < 4.78 is 5.37. The van der Waals surface area contributed by atoms with Crippen molar-refractivity contribution in [3.8, 4) is 11.4 Å². The van der Waals surface area contributed by atoms with Gasteiger partial charge in [-0.15, -0.1) is 0 Å². The number of aromatic nitrogens is 2. The number of benzene rings is 1. The van der Waals surface area contributed by atoms with Crippen molar-refractivity contribution in [2.75, 3.05) is 7.11 Å². The standard InChI is InChI=1S/C17H20N2O3/c1-8-9(2)12(7-13(10(8)3)17(20)21)16-18-14-5-11(22-4)6-15(14)19-16/h7,11H,5-6H2,1-4H3,(H,18,19)(H,20,21). The van der Waals surface area contributed by atoms with Crippen LogP contribution in [0, 0.1) is 20.8 Å². The zero-order valence-electron chi connectivity index (χ0n) is 13.3. The number of aromatic amines is 1. The zero-order chi connectivity index (χ0) is 16.0. The average molecular weight is 300 g/mol. The number of imidazole rings is 1. The molecule has 22 heavy (non-hydrogen) atoms. The van der Waals surface area contributed by atoms with Crippen molar-refractivity contribution in [3.05, 3.63) is 39.7 Å². The van der Waals surface area contributed by atoms with Gasteiger partial charge in [0, 0.05) is 31.2 Å². The fourth-order valence-electron chi connectivity index (χ4n) is 3.11. The van der Waals surface area contributed by atoms with Crippen molar-refractivity contribution in [1.29, 1.82) is 0 Å². The van der Waals surface area contributed by atoms with Gasteiger partial charge in [-0.05, 0) is 43.5 Å². The average Bonchev–Trinajstić information content (AvgIpc) is 3.02. The fraction of sp³-hybridized carbons (Fsp3) is 0.412. The number of carboxylic acid groups (broad SMARTS) is 1. The van der Waals surface area contributed by atoms with E-state index in [0.29, 0.717) is 5.56 Å². The summed E-state index contributed by atoms with van der Waals surface area (Å²) in [6.07, 6.45) is 1.82. The SMILES string of the molecule is COC1Cc2nc(-c3cc(C(=O)O)c(C)c(C)c3C)[nH]c2C1. The number of carboxylic acids is 1.